The molecule has 28 heavy (non-hydrogen) atoms. The van der Waals surface area contributed by atoms with Gasteiger partial charge in [-0.25, -0.2) is 4.79 Å². The molecule has 3 amide bonds. The molecule has 0 saturated carbocycles. The van der Waals surface area contributed by atoms with Gasteiger partial charge >= 0.3 is 6.09 Å². The van der Waals surface area contributed by atoms with Crippen molar-refractivity contribution in [2.24, 2.45) is 0 Å². The number of nitrogens with one attached hydrogen (secondary N) is 2. The second-order valence-electron chi connectivity index (χ2n) is 6.64. The largest absolute Gasteiger partial charge is 0.445 e. The van der Waals surface area contributed by atoms with E-state index >= 15 is 0 Å². The summed E-state index contributed by atoms with van der Waals surface area (Å²) in [6.07, 6.45) is 0.829. The summed E-state index contributed by atoms with van der Waals surface area (Å²) in [7, 11) is 0. The SMILES string of the molecule is CC(=O)Nc1cccc(NC(=O)C2CCCN2C(=O)OCc2ccccc2)c1. The van der Waals surface area contributed by atoms with Crippen LogP contribution in [0.5, 0.6) is 0 Å². The highest BCUT2D eigenvalue weighted by Gasteiger charge is 2.35. The van der Waals surface area contributed by atoms with E-state index in [2.05, 4.69) is 10.6 Å². The summed E-state index contributed by atoms with van der Waals surface area (Å²) in [5.74, 6) is -0.458. The fourth-order valence-corrected chi connectivity index (χ4v) is 3.16. The zero-order valence-corrected chi connectivity index (χ0v) is 15.7. The van der Waals surface area contributed by atoms with Crippen LogP contribution in [-0.4, -0.2) is 35.4 Å². The molecule has 7 nitrogen and oxygen atoms in total. The van der Waals surface area contributed by atoms with Crippen molar-refractivity contribution in [3.8, 4) is 0 Å². The minimum absolute atomic E-state index is 0.170. The molecule has 1 aliphatic rings. The van der Waals surface area contributed by atoms with E-state index in [1.54, 1.807) is 24.3 Å². The molecule has 2 aromatic carbocycles. The topological polar surface area (TPSA) is 87.7 Å². The number of rotatable bonds is 5. The van der Waals surface area contributed by atoms with Crippen LogP contribution < -0.4 is 10.6 Å². The molecule has 1 atom stereocenters. The van der Waals surface area contributed by atoms with E-state index in [0.29, 0.717) is 24.3 Å². The molecule has 0 spiro atoms. The first-order valence-corrected chi connectivity index (χ1v) is 9.19. The lowest BCUT2D eigenvalue weighted by molar-refractivity contribution is -0.120. The third kappa shape index (κ3) is 5.09. The number of benzene rings is 2. The van der Waals surface area contributed by atoms with Gasteiger partial charge in [0.25, 0.3) is 0 Å². The van der Waals surface area contributed by atoms with Crippen molar-refractivity contribution >= 4 is 29.3 Å². The normalized spacial score (nSPS) is 15.8. The zero-order valence-electron chi connectivity index (χ0n) is 15.7. The Labute approximate surface area is 163 Å². The van der Waals surface area contributed by atoms with Gasteiger partial charge in [0, 0.05) is 24.8 Å². The highest BCUT2D eigenvalue weighted by Crippen LogP contribution is 2.22. The van der Waals surface area contributed by atoms with Crippen LogP contribution in [0.2, 0.25) is 0 Å². The average Bonchev–Trinajstić information content (AvgIpc) is 3.17. The van der Waals surface area contributed by atoms with Crippen molar-refractivity contribution in [2.45, 2.75) is 32.4 Å². The average molecular weight is 381 g/mol. The molecule has 1 aliphatic heterocycles. The van der Waals surface area contributed by atoms with Crippen LogP contribution in [0, 0.1) is 0 Å². The highest BCUT2D eigenvalue weighted by molar-refractivity contribution is 5.97. The highest BCUT2D eigenvalue weighted by atomic mass is 16.6. The Kier molecular flexibility index (Phi) is 6.26. The fourth-order valence-electron chi connectivity index (χ4n) is 3.16. The molecule has 7 heteroatoms. The number of carbonyl (C=O) groups excluding carboxylic acids is 3. The summed E-state index contributed by atoms with van der Waals surface area (Å²) in [4.78, 5) is 37.8. The zero-order chi connectivity index (χ0) is 19.9. The summed E-state index contributed by atoms with van der Waals surface area (Å²) in [6.45, 7) is 2.07. The van der Waals surface area contributed by atoms with E-state index in [9.17, 15) is 14.4 Å². The maximum atomic E-state index is 12.7. The van der Waals surface area contributed by atoms with Crippen LogP contribution in [0.4, 0.5) is 16.2 Å². The minimum atomic E-state index is -0.576. The monoisotopic (exact) mass is 381 g/mol. The smallest absolute Gasteiger partial charge is 0.410 e. The number of nitrogens with zero attached hydrogens (tertiary/aromatic N) is 1. The Morgan fingerprint density at radius 2 is 1.75 bits per heavy atom. The Morgan fingerprint density at radius 3 is 2.46 bits per heavy atom. The lowest BCUT2D eigenvalue weighted by Gasteiger charge is -2.23. The number of hydrogen-bond acceptors (Lipinski definition) is 4. The van der Waals surface area contributed by atoms with Crippen LogP contribution in [0.25, 0.3) is 0 Å². The molecule has 0 aromatic heterocycles. The predicted octanol–water partition coefficient (Wildman–Crippen LogP) is 3.38. The van der Waals surface area contributed by atoms with E-state index in [1.165, 1.54) is 11.8 Å². The molecular weight excluding hydrogens is 358 g/mol. The Bertz CT molecular complexity index is 854. The second-order valence-corrected chi connectivity index (χ2v) is 6.64. The van der Waals surface area contributed by atoms with Gasteiger partial charge < -0.3 is 15.4 Å². The van der Waals surface area contributed by atoms with E-state index in [4.69, 9.17) is 4.74 Å². The van der Waals surface area contributed by atoms with Gasteiger partial charge in [0.05, 0.1) is 0 Å². The lowest BCUT2D eigenvalue weighted by Crippen LogP contribution is -2.43. The van der Waals surface area contributed by atoms with Crippen molar-refractivity contribution in [3.63, 3.8) is 0 Å². The molecule has 0 aliphatic carbocycles. The van der Waals surface area contributed by atoms with Crippen LogP contribution in [0.15, 0.2) is 54.6 Å². The molecular formula is C21H23N3O4. The predicted molar refractivity (Wildman–Crippen MR) is 106 cm³/mol. The maximum Gasteiger partial charge on any atom is 0.410 e. The van der Waals surface area contributed by atoms with Gasteiger partial charge in [-0.1, -0.05) is 36.4 Å². The van der Waals surface area contributed by atoms with Crippen LogP contribution >= 0.6 is 0 Å². The first-order valence-electron chi connectivity index (χ1n) is 9.19. The van der Waals surface area contributed by atoms with Gasteiger partial charge in [-0.3, -0.25) is 14.5 Å². The van der Waals surface area contributed by atoms with Gasteiger partial charge in [-0.15, -0.1) is 0 Å². The van der Waals surface area contributed by atoms with Crippen molar-refractivity contribution in [1.82, 2.24) is 4.90 Å². The fraction of sp³-hybridized carbons (Fsp3) is 0.286. The molecule has 146 valence electrons. The van der Waals surface area contributed by atoms with Crippen LogP contribution in [-0.2, 0) is 20.9 Å². The number of likely N-dealkylation sites (tertiary alicyclic amines) is 1. The van der Waals surface area contributed by atoms with Crippen molar-refractivity contribution in [3.05, 3.63) is 60.2 Å². The molecule has 0 radical (unpaired) electrons. The van der Waals surface area contributed by atoms with Crippen molar-refractivity contribution < 1.29 is 19.1 Å². The van der Waals surface area contributed by atoms with Crippen LogP contribution in [0.3, 0.4) is 0 Å². The number of carbonyl (C=O) groups is 3. The first kappa shape index (κ1) is 19.4. The third-order valence-corrected chi connectivity index (χ3v) is 4.45. The third-order valence-electron chi connectivity index (χ3n) is 4.45. The number of ether oxygens (including phenoxy) is 1. The summed E-state index contributed by atoms with van der Waals surface area (Å²) in [5.41, 5.74) is 2.04. The van der Waals surface area contributed by atoms with Crippen LogP contribution in [0.1, 0.15) is 25.3 Å². The van der Waals surface area contributed by atoms with Gasteiger partial charge in [0.15, 0.2) is 0 Å². The molecule has 0 bridgehead atoms. The first-order chi connectivity index (χ1) is 13.5. The minimum Gasteiger partial charge on any atom is -0.445 e. The van der Waals surface area contributed by atoms with E-state index in [-0.39, 0.29) is 18.4 Å². The number of hydrogen-bond donors (Lipinski definition) is 2. The number of amides is 3. The Balaban J connectivity index is 1.59. The molecule has 1 heterocycles. The molecule has 2 aromatic rings. The molecule has 1 saturated heterocycles. The van der Waals surface area contributed by atoms with E-state index < -0.39 is 12.1 Å². The van der Waals surface area contributed by atoms with E-state index in [0.717, 1.165) is 12.0 Å². The molecule has 3 rings (SSSR count). The molecule has 1 unspecified atom stereocenters. The second kappa shape index (κ2) is 9.03. The summed E-state index contributed by atoms with van der Waals surface area (Å²) in [5, 5.41) is 5.49. The van der Waals surface area contributed by atoms with Crippen molar-refractivity contribution in [2.75, 3.05) is 17.2 Å². The molecule has 2 N–H and O–H groups in total. The van der Waals surface area contributed by atoms with Gasteiger partial charge in [0.1, 0.15) is 12.6 Å². The maximum absolute atomic E-state index is 12.7. The van der Waals surface area contributed by atoms with Gasteiger partial charge in [-0.05, 0) is 36.6 Å². The lowest BCUT2D eigenvalue weighted by atomic mass is 10.2. The standard InChI is InChI=1S/C21H23N3O4/c1-15(25)22-17-9-5-10-18(13-17)23-20(26)19-11-6-12-24(19)21(27)28-14-16-7-3-2-4-8-16/h2-5,7-10,13,19H,6,11-12,14H2,1H3,(H,22,25)(H,23,26). The quantitative estimate of drug-likeness (QED) is 0.831. The Hall–Kier alpha value is -3.35. The summed E-state index contributed by atoms with van der Waals surface area (Å²) < 4.78 is 5.36. The number of anilines is 2. The molecule has 1 fully saturated rings. The summed E-state index contributed by atoms with van der Waals surface area (Å²) >= 11 is 0. The van der Waals surface area contributed by atoms with Gasteiger partial charge in [0.2, 0.25) is 11.8 Å². The van der Waals surface area contributed by atoms with Gasteiger partial charge in [-0.2, -0.15) is 0 Å². The van der Waals surface area contributed by atoms with Crippen molar-refractivity contribution in [1.29, 1.82) is 0 Å². The summed E-state index contributed by atoms with van der Waals surface area (Å²) in [6, 6.07) is 15.7. The van der Waals surface area contributed by atoms with E-state index in [1.807, 2.05) is 30.3 Å². The Morgan fingerprint density at radius 1 is 1.04 bits per heavy atom.